The first-order valence-electron chi connectivity index (χ1n) is 12.8. The van der Waals surface area contributed by atoms with Crippen molar-refractivity contribution in [1.29, 1.82) is 0 Å². The second-order valence-electron chi connectivity index (χ2n) is 10.00. The van der Waals surface area contributed by atoms with Crippen LogP contribution in [0.25, 0.3) is 0 Å². The monoisotopic (exact) mass is 569 g/mol. The number of carbonyl (C=O) groups excluding carboxylic acids is 2. The Morgan fingerprint density at radius 3 is 2.15 bits per heavy atom. The lowest BCUT2D eigenvalue weighted by Gasteiger charge is -2.33. The highest BCUT2D eigenvalue weighted by molar-refractivity contribution is 7.92. The first-order chi connectivity index (χ1) is 18.3. The lowest BCUT2D eigenvalue weighted by molar-refractivity contribution is -0.139. The molecule has 0 heterocycles. The molecule has 1 atom stereocenters. The van der Waals surface area contributed by atoms with Crippen LogP contribution in [-0.4, -0.2) is 43.8 Å². The van der Waals surface area contributed by atoms with Crippen LogP contribution in [0.3, 0.4) is 0 Å². The Morgan fingerprint density at radius 1 is 0.897 bits per heavy atom. The van der Waals surface area contributed by atoms with Gasteiger partial charge >= 0.3 is 0 Å². The van der Waals surface area contributed by atoms with Crippen molar-refractivity contribution in [3.05, 3.63) is 94.0 Å². The van der Waals surface area contributed by atoms with Crippen molar-refractivity contribution in [2.24, 2.45) is 0 Å². The molecule has 0 aromatic heterocycles. The Balaban J connectivity index is 2.09. The van der Waals surface area contributed by atoms with E-state index in [-0.39, 0.29) is 23.4 Å². The standard InChI is InChI=1S/C30H36ClN3O4S/c1-20(2)32-30(36)24(6)33(18-25-11-8-7-10-22(25)4)29(35)19-34(28-13-9-12-27(31)23(28)5)39(37,38)26-16-14-21(3)15-17-26/h7-17,20,24H,18-19H2,1-6H3,(H,32,36)/t24-/m0/s1. The summed E-state index contributed by atoms with van der Waals surface area (Å²) in [6.45, 7) is 10.5. The maximum atomic E-state index is 14.0. The van der Waals surface area contributed by atoms with Gasteiger partial charge in [0.15, 0.2) is 0 Å². The largest absolute Gasteiger partial charge is 0.352 e. The molecule has 0 aliphatic rings. The molecule has 0 saturated carbocycles. The zero-order chi connectivity index (χ0) is 28.9. The van der Waals surface area contributed by atoms with Crippen LogP contribution < -0.4 is 9.62 Å². The van der Waals surface area contributed by atoms with Gasteiger partial charge in [-0.15, -0.1) is 0 Å². The molecule has 9 heteroatoms. The van der Waals surface area contributed by atoms with Crippen LogP contribution in [0.4, 0.5) is 5.69 Å². The fraction of sp³-hybridized carbons (Fsp3) is 0.333. The summed E-state index contributed by atoms with van der Waals surface area (Å²) < 4.78 is 29.0. The van der Waals surface area contributed by atoms with Crippen LogP contribution in [0.1, 0.15) is 43.0 Å². The molecule has 0 unspecified atom stereocenters. The summed E-state index contributed by atoms with van der Waals surface area (Å²) in [6.07, 6.45) is 0. The zero-order valence-corrected chi connectivity index (χ0v) is 24.8. The highest BCUT2D eigenvalue weighted by atomic mass is 35.5. The number of sulfonamides is 1. The van der Waals surface area contributed by atoms with Crippen LogP contribution in [0.15, 0.2) is 71.6 Å². The summed E-state index contributed by atoms with van der Waals surface area (Å²) in [4.78, 5) is 28.5. The van der Waals surface area contributed by atoms with Gasteiger partial charge < -0.3 is 10.2 Å². The van der Waals surface area contributed by atoms with Crippen LogP contribution in [0, 0.1) is 20.8 Å². The molecule has 3 aromatic carbocycles. The van der Waals surface area contributed by atoms with E-state index < -0.39 is 28.5 Å². The highest BCUT2D eigenvalue weighted by Gasteiger charge is 2.33. The number of carbonyl (C=O) groups is 2. The summed E-state index contributed by atoms with van der Waals surface area (Å²) in [7, 11) is -4.16. The number of benzene rings is 3. The van der Waals surface area contributed by atoms with Crippen molar-refractivity contribution in [3.8, 4) is 0 Å². The van der Waals surface area contributed by atoms with Crippen LogP contribution >= 0.6 is 11.6 Å². The van der Waals surface area contributed by atoms with Gasteiger partial charge in [0.25, 0.3) is 10.0 Å². The van der Waals surface area contributed by atoms with E-state index in [2.05, 4.69) is 5.32 Å². The summed E-state index contributed by atoms with van der Waals surface area (Å²) in [5.41, 5.74) is 3.55. The molecule has 0 fully saturated rings. The van der Waals surface area contributed by atoms with Crippen molar-refractivity contribution in [1.82, 2.24) is 10.2 Å². The van der Waals surface area contributed by atoms with E-state index in [0.717, 1.165) is 21.0 Å². The predicted octanol–water partition coefficient (Wildman–Crippen LogP) is 5.40. The zero-order valence-electron chi connectivity index (χ0n) is 23.2. The van der Waals surface area contributed by atoms with E-state index in [1.807, 2.05) is 52.0 Å². The molecule has 0 spiro atoms. The molecule has 0 bridgehead atoms. The van der Waals surface area contributed by atoms with E-state index in [4.69, 9.17) is 11.6 Å². The molecule has 2 amide bonds. The molecule has 0 aliphatic heterocycles. The molecule has 3 rings (SSSR count). The van der Waals surface area contributed by atoms with Gasteiger partial charge in [-0.05, 0) is 82.5 Å². The van der Waals surface area contributed by atoms with Gasteiger partial charge in [0.2, 0.25) is 11.8 Å². The minimum atomic E-state index is -4.16. The Kier molecular flexibility index (Phi) is 9.80. The highest BCUT2D eigenvalue weighted by Crippen LogP contribution is 2.31. The number of nitrogens with zero attached hydrogens (tertiary/aromatic N) is 2. The Labute approximate surface area is 236 Å². The van der Waals surface area contributed by atoms with Gasteiger partial charge in [0.05, 0.1) is 10.6 Å². The van der Waals surface area contributed by atoms with Gasteiger partial charge in [-0.1, -0.05) is 59.6 Å². The normalized spacial score (nSPS) is 12.2. The van der Waals surface area contributed by atoms with E-state index in [1.54, 1.807) is 44.2 Å². The maximum Gasteiger partial charge on any atom is 0.264 e. The average molecular weight is 570 g/mol. The molecule has 39 heavy (non-hydrogen) atoms. The van der Waals surface area contributed by atoms with E-state index in [9.17, 15) is 18.0 Å². The van der Waals surface area contributed by atoms with E-state index in [0.29, 0.717) is 16.3 Å². The number of rotatable bonds is 10. The van der Waals surface area contributed by atoms with Crippen molar-refractivity contribution >= 4 is 39.1 Å². The van der Waals surface area contributed by atoms with Crippen molar-refractivity contribution in [3.63, 3.8) is 0 Å². The minimum absolute atomic E-state index is 0.0522. The number of hydrogen-bond donors (Lipinski definition) is 1. The quantitative estimate of drug-likeness (QED) is 0.354. The third kappa shape index (κ3) is 7.19. The van der Waals surface area contributed by atoms with Gasteiger partial charge in [-0.2, -0.15) is 0 Å². The summed E-state index contributed by atoms with van der Waals surface area (Å²) >= 11 is 6.37. The summed E-state index contributed by atoms with van der Waals surface area (Å²) in [5, 5.41) is 3.24. The molecule has 3 aromatic rings. The second-order valence-corrected chi connectivity index (χ2v) is 12.3. The second kappa shape index (κ2) is 12.7. The number of anilines is 1. The Hall–Kier alpha value is -3.36. The maximum absolute atomic E-state index is 14.0. The van der Waals surface area contributed by atoms with Gasteiger partial charge in [0.1, 0.15) is 12.6 Å². The van der Waals surface area contributed by atoms with E-state index in [1.165, 1.54) is 17.0 Å². The first kappa shape index (κ1) is 30.2. The van der Waals surface area contributed by atoms with Gasteiger partial charge in [-0.25, -0.2) is 8.42 Å². The smallest absolute Gasteiger partial charge is 0.264 e. The molecule has 1 N–H and O–H groups in total. The number of aryl methyl sites for hydroxylation is 2. The fourth-order valence-electron chi connectivity index (χ4n) is 4.18. The van der Waals surface area contributed by atoms with Crippen molar-refractivity contribution in [2.45, 2.75) is 65.1 Å². The Bertz CT molecular complexity index is 1440. The molecule has 0 radical (unpaired) electrons. The molecule has 0 aliphatic carbocycles. The minimum Gasteiger partial charge on any atom is -0.352 e. The Morgan fingerprint density at radius 2 is 1.54 bits per heavy atom. The first-order valence-corrected chi connectivity index (χ1v) is 14.6. The molecule has 7 nitrogen and oxygen atoms in total. The predicted molar refractivity (Wildman–Crippen MR) is 156 cm³/mol. The van der Waals surface area contributed by atoms with Gasteiger partial charge in [0, 0.05) is 17.6 Å². The summed E-state index contributed by atoms with van der Waals surface area (Å²) in [6, 6.07) is 18.0. The number of amides is 2. The van der Waals surface area contributed by atoms with Crippen molar-refractivity contribution in [2.75, 3.05) is 10.8 Å². The molecular formula is C30H36ClN3O4S. The van der Waals surface area contributed by atoms with Crippen LogP contribution in [-0.2, 0) is 26.2 Å². The van der Waals surface area contributed by atoms with Crippen LogP contribution in [0.2, 0.25) is 5.02 Å². The SMILES string of the molecule is Cc1ccc(S(=O)(=O)N(CC(=O)N(Cc2ccccc2C)[C@@H](C)C(=O)NC(C)C)c2cccc(Cl)c2C)cc1. The number of hydrogen-bond acceptors (Lipinski definition) is 4. The van der Waals surface area contributed by atoms with E-state index >= 15 is 0 Å². The van der Waals surface area contributed by atoms with Gasteiger partial charge in [-0.3, -0.25) is 13.9 Å². The third-order valence-electron chi connectivity index (χ3n) is 6.60. The van der Waals surface area contributed by atoms with Crippen molar-refractivity contribution < 1.29 is 18.0 Å². The fourth-order valence-corrected chi connectivity index (χ4v) is 5.82. The third-order valence-corrected chi connectivity index (χ3v) is 8.78. The van der Waals surface area contributed by atoms with Crippen LogP contribution in [0.5, 0.6) is 0 Å². The number of halogens is 1. The topological polar surface area (TPSA) is 86.8 Å². The lowest BCUT2D eigenvalue weighted by Crippen LogP contribution is -2.52. The molecular weight excluding hydrogens is 534 g/mol. The average Bonchev–Trinajstić information content (AvgIpc) is 2.88. The summed E-state index contributed by atoms with van der Waals surface area (Å²) in [5.74, 6) is -0.835. The lowest BCUT2D eigenvalue weighted by atomic mass is 10.1. The number of nitrogens with one attached hydrogen (secondary N) is 1. The molecule has 208 valence electrons. The molecule has 0 saturated heterocycles.